The average Bonchev–Trinajstić information content (AvgIpc) is 3.31. The Hall–Kier alpha value is -3.19. The van der Waals surface area contributed by atoms with E-state index in [4.69, 9.17) is 16.0 Å². The second-order valence-electron chi connectivity index (χ2n) is 7.70. The number of anilines is 1. The highest BCUT2D eigenvalue weighted by atomic mass is 35.5. The largest absolute Gasteiger partial charge is 0.467 e. The Balaban J connectivity index is 1.57. The summed E-state index contributed by atoms with van der Waals surface area (Å²) in [5.41, 5.74) is 0.452. The van der Waals surface area contributed by atoms with Crippen LogP contribution < -0.4 is 4.90 Å². The minimum absolute atomic E-state index is 0.00395. The van der Waals surface area contributed by atoms with Crippen LogP contribution in [0.1, 0.15) is 29.0 Å². The minimum Gasteiger partial charge on any atom is -0.467 e. The zero-order valence-corrected chi connectivity index (χ0v) is 17.9. The van der Waals surface area contributed by atoms with Crippen LogP contribution in [0.5, 0.6) is 0 Å². The molecule has 0 radical (unpaired) electrons. The molecule has 1 unspecified atom stereocenters. The predicted octanol–water partition coefficient (Wildman–Crippen LogP) is 5.30. The van der Waals surface area contributed by atoms with Gasteiger partial charge in [-0.25, -0.2) is 8.78 Å². The van der Waals surface area contributed by atoms with E-state index in [0.717, 1.165) is 12.1 Å². The van der Waals surface area contributed by atoms with Gasteiger partial charge in [0.1, 0.15) is 17.4 Å². The van der Waals surface area contributed by atoms with Crippen molar-refractivity contribution < 1.29 is 22.8 Å². The normalized spacial score (nSPS) is 16.1. The van der Waals surface area contributed by atoms with Gasteiger partial charge in [0.05, 0.1) is 24.4 Å². The molecule has 32 heavy (non-hydrogen) atoms. The van der Waals surface area contributed by atoms with E-state index in [-0.39, 0.29) is 30.6 Å². The second kappa shape index (κ2) is 9.53. The molecule has 3 aromatic rings. The van der Waals surface area contributed by atoms with E-state index in [1.165, 1.54) is 17.2 Å². The van der Waals surface area contributed by atoms with Crippen LogP contribution in [0.25, 0.3) is 0 Å². The van der Waals surface area contributed by atoms with Gasteiger partial charge in [0.15, 0.2) is 0 Å². The summed E-state index contributed by atoms with van der Waals surface area (Å²) in [4.78, 5) is 29.3. The molecule has 1 saturated heterocycles. The molecule has 0 spiro atoms. The number of amides is 2. The first-order chi connectivity index (χ1) is 15.4. The number of halogens is 3. The number of rotatable bonds is 5. The molecule has 1 atom stereocenters. The van der Waals surface area contributed by atoms with Gasteiger partial charge >= 0.3 is 0 Å². The van der Waals surface area contributed by atoms with Crippen LogP contribution in [-0.4, -0.2) is 29.8 Å². The molecule has 8 heteroatoms. The Kier molecular flexibility index (Phi) is 6.55. The number of carbonyl (C=O) groups excluding carboxylic acids is 2. The Morgan fingerprint density at radius 2 is 1.91 bits per heavy atom. The lowest BCUT2D eigenvalue weighted by molar-refractivity contribution is -0.123. The summed E-state index contributed by atoms with van der Waals surface area (Å²) >= 11 is 5.90. The third kappa shape index (κ3) is 4.83. The van der Waals surface area contributed by atoms with Crippen molar-refractivity contribution in [2.75, 3.05) is 18.0 Å². The Labute approximate surface area is 189 Å². The Bertz CT molecular complexity index is 1100. The predicted molar refractivity (Wildman–Crippen MR) is 116 cm³/mol. The number of likely N-dealkylation sites (tertiary alicyclic amines) is 1. The van der Waals surface area contributed by atoms with E-state index >= 15 is 0 Å². The summed E-state index contributed by atoms with van der Waals surface area (Å²) in [5, 5.41) is 0.531. The van der Waals surface area contributed by atoms with Crippen molar-refractivity contribution in [1.82, 2.24) is 4.90 Å². The molecule has 4 rings (SSSR count). The molecular formula is C24H21ClF2N2O3. The summed E-state index contributed by atoms with van der Waals surface area (Å²) < 4.78 is 33.4. The van der Waals surface area contributed by atoms with E-state index in [1.807, 2.05) is 0 Å². The highest BCUT2D eigenvalue weighted by Gasteiger charge is 2.33. The number of nitrogens with zero attached hydrogens (tertiary/aromatic N) is 2. The van der Waals surface area contributed by atoms with Gasteiger partial charge in [0.2, 0.25) is 5.91 Å². The van der Waals surface area contributed by atoms with Crippen molar-refractivity contribution in [3.05, 3.63) is 88.8 Å². The Morgan fingerprint density at radius 3 is 2.59 bits per heavy atom. The van der Waals surface area contributed by atoms with Crippen molar-refractivity contribution in [1.29, 1.82) is 0 Å². The van der Waals surface area contributed by atoms with Gasteiger partial charge in [-0.1, -0.05) is 11.6 Å². The van der Waals surface area contributed by atoms with E-state index in [9.17, 15) is 18.4 Å². The quantitative estimate of drug-likeness (QED) is 0.521. The molecule has 1 aliphatic heterocycles. The molecule has 2 aromatic carbocycles. The summed E-state index contributed by atoms with van der Waals surface area (Å²) in [6.45, 7) is 0.724. The zero-order chi connectivity index (χ0) is 22.7. The monoisotopic (exact) mass is 458 g/mol. The van der Waals surface area contributed by atoms with Crippen molar-refractivity contribution >= 4 is 29.1 Å². The highest BCUT2D eigenvalue weighted by molar-refractivity contribution is 6.30. The summed E-state index contributed by atoms with van der Waals surface area (Å²) in [5.74, 6) is -2.17. The molecular weight excluding hydrogens is 438 g/mol. The van der Waals surface area contributed by atoms with Crippen LogP contribution in [0.3, 0.4) is 0 Å². The summed E-state index contributed by atoms with van der Waals surface area (Å²) in [6.07, 6.45) is 2.66. The topological polar surface area (TPSA) is 53.8 Å². The molecule has 1 aromatic heterocycles. The van der Waals surface area contributed by atoms with Crippen molar-refractivity contribution in [3.63, 3.8) is 0 Å². The molecule has 0 saturated carbocycles. The molecule has 166 valence electrons. The lowest BCUT2D eigenvalue weighted by Crippen LogP contribution is -2.47. The molecule has 0 N–H and O–H groups in total. The lowest BCUT2D eigenvalue weighted by atomic mass is 9.95. The molecule has 5 nitrogen and oxygen atoms in total. The first-order valence-electron chi connectivity index (χ1n) is 10.3. The van der Waals surface area contributed by atoms with Crippen LogP contribution in [0.15, 0.2) is 65.3 Å². The van der Waals surface area contributed by atoms with E-state index in [1.54, 1.807) is 41.3 Å². The fourth-order valence-electron chi connectivity index (χ4n) is 3.90. The van der Waals surface area contributed by atoms with Crippen LogP contribution in [0.2, 0.25) is 5.02 Å². The highest BCUT2D eigenvalue weighted by Crippen LogP contribution is 2.28. The van der Waals surface area contributed by atoms with Crippen molar-refractivity contribution in [2.45, 2.75) is 19.4 Å². The fourth-order valence-corrected chi connectivity index (χ4v) is 4.02. The van der Waals surface area contributed by atoms with Gasteiger partial charge in [-0.15, -0.1) is 0 Å². The number of hydrogen-bond donors (Lipinski definition) is 0. The standard InChI is InChI=1S/C24H21ClF2N2O3/c25-18-7-5-16(6-8-18)23(30)28-11-1-3-17(14-28)24(31)29(15-20-4-2-12-32-20)22-10-9-19(26)13-21(22)27/h2,4-10,12-13,17H,1,3,11,14-15H2. The van der Waals surface area contributed by atoms with Crippen LogP contribution in [0, 0.1) is 17.6 Å². The van der Waals surface area contributed by atoms with E-state index in [0.29, 0.717) is 35.7 Å². The molecule has 0 aliphatic carbocycles. The fraction of sp³-hybridized carbons (Fsp3) is 0.250. The van der Waals surface area contributed by atoms with E-state index in [2.05, 4.69) is 0 Å². The van der Waals surface area contributed by atoms with Gasteiger partial charge in [0.25, 0.3) is 5.91 Å². The minimum atomic E-state index is -0.838. The van der Waals surface area contributed by atoms with Crippen LogP contribution in [-0.2, 0) is 11.3 Å². The number of piperidine rings is 1. The molecule has 1 aliphatic rings. The number of furan rings is 1. The smallest absolute Gasteiger partial charge is 0.253 e. The number of carbonyl (C=O) groups is 2. The second-order valence-corrected chi connectivity index (χ2v) is 8.13. The average molecular weight is 459 g/mol. The molecule has 1 fully saturated rings. The number of benzene rings is 2. The third-order valence-corrected chi connectivity index (χ3v) is 5.76. The first kappa shape index (κ1) is 22.0. The van der Waals surface area contributed by atoms with Crippen molar-refractivity contribution in [3.8, 4) is 0 Å². The molecule has 0 bridgehead atoms. The SMILES string of the molecule is O=C(c1ccc(Cl)cc1)N1CCCC(C(=O)N(Cc2ccco2)c2ccc(F)cc2F)C1. The van der Waals surface area contributed by atoms with E-state index < -0.39 is 17.6 Å². The van der Waals surface area contributed by atoms with Crippen LogP contribution >= 0.6 is 11.6 Å². The molecule has 2 heterocycles. The summed E-state index contributed by atoms with van der Waals surface area (Å²) in [6, 6.07) is 13.0. The lowest BCUT2D eigenvalue weighted by Gasteiger charge is -2.35. The van der Waals surface area contributed by atoms with Gasteiger partial charge in [-0.2, -0.15) is 0 Å². The Morgan fingerprint density at radius 1 is 1.12 bits per heavy atom. The molecule has 2 amide bonds. The maximum atomic E-state index is 14.6. The van der Waals surface area contributed by atoms with Crippen LogP contribution in [0.4, 0.5) is 14.5 Å². The van der Waals surface area contributed by atoms with Gasteiger partial charge < -0.3 is 14.2 Å². The third-order valence-electron chi connectivity index (χ3n) is 5.51. The van der Waals surface area contributed by atoms with Crippen molar-refractivity contribution in [2.24, 2.45) is 5.92 Å². The zero-order valence-electron chi connectivity index (χ0n) is 17.1. The van der Waals surface area contributed by atoms with Gasteiger partial charge in [-0.05, 0) is 61.4 Å². The maximum absolute atomic E-state index is 14.6. The van der Waals surface area contributed by atoms with Gasteiger partial charge in [0, 0.05) is 29.7 Å². The maximum Gasteiger partial charge on any atom is 0.253 e. The van der Waals surface area contributed by atoms with Gasteiger partial charge in [-0.3, -0.25) is 9.59 Å². The first-order valence-corrected chi connectivity index (χ1v) is 10.6. The number of hydrogen-bond acceptors (Lipinski definition) is 3. The summed E-state index contributed by atoms with van der Waals surface area (Å²) in [7, 11) is 0.